The third kappa shape index (κ3) is 22.3. The lowest BCUT2D eigenvalue weighted by molar-refractivity contribution is -0.384. The van der Waals surface area contributed by atoms with Crippen molar-refractivity contribution in [2.24, 2.45) is 5.92 Å². The molecule has 8 aromatic carbocycles. The summed E-state index contributed by atoms with van der Waals surface area (Å²) in [5, 5.41) is 38.6. The lowest BCUT2D eigenvalue weighted by Gasteiger charge is -2.27. The number of carbonyl (C=O) groups is 5. The summed E-state index contributed by atoms with van der Waals surface area (Å²) in [6.07, 6.45) is 7.31. The molecule has 29 heteroatoms. The van der Waals surface area contributed by atoms with Crippen molar-refractivity contribution in [3.63, 3.8) is 0 Å². The van der Waals surface area contributed by atoms with Crippen LogP contribution in [0.4, 0.5) is 34.6 Å². The number of H-pyrrole nitrogens is 2. The zero-order chi connectivity index (χ0) is 85.2. The van der Waals surface area contributed by atoms with Crippen molar-refractivity contribution in [3.05, 3.63) is 262 Å². The van der Waals surface area contributed by atoms with E-state index in [1.165, 1.54) is 66.7 Å². The summed E-state index contributed by atoms with van der Waals surface area (Å²) in [6.45, 7) is 10.3. The molecule has 3 aliphatic rings. The van der Waals surface area contributed by atoms with Crippen LogP contribution in [0.3, 0.4) is 0 Å². The highest BCUT2D eigenvalue weighted by atomic mass is 35.5. The molecule has 0 spiro atoms. The molecule has 3 aliphatic carbocycles. The summed E-state index contributed by atoms with van der Waals surface area (Å²) in [6, 6.07) is 34.3. The molecule has 117 heavy (non-hydrogen) atoms. The van der Waals surface area contributed by atoms with Crippen LogP contribution in [0.1, 0.15) is 137 Å². The summed E-state index contributed by atoms with van der Waals surface area (Å²) < 4.78 is 84.0. The lowest BCUT2D eigenvalue weighted by Crippen LogP contribution is -2.30. The van der Waals surface area contributed by atoms with Crippen molar-refractivity contribution in [1.29, 1.82) is 0 Å². The normalized spacial score (nSPS) is 15.1. The number of nitrogens with one attached hydrogen (secondary N) is 3. The number of ketones is 2. The van der Waals surface area contributed by atoms with Gasteiger partial charge in [0.2, 0.25) is 5.91 Å². The largest absolute Gasteiger partial charge is 0.497 e. The molecule has 4 atom stereocenters. The number of fused-ring (bicyclic) bond motifs is 2. The number of nitro groups is 1. The summed E-state index contributed by atoms with van der Waals surface area (Å²) in [5.74, 6) is 0.185. The minimum atomic E-state index is -1.03. The molecule has 0 aliphatic heterocycles. The van der Waals surface area contributed by atoms with E-state index in [-0.39, 0.29) is 58.1 Å². The molecular formula is C88H91Cl3F4N8O14. The van der Waals surface area contributed by atoms with Gasteiger partial charge in [-0.05, 0) is 259 Å². The number of aromatic amines is 2. The van der Waals surface area contributed by atoms with Crippen molar-refractivity contribution < 1.29 is 80.0 Å². The predicted octanol–water partition coefficient (Wildman–Crippen LogP) is 19.0. The zero-order valence-electron chi connectivity index (χ0n) is 66.7. The molecule has 1 amide bonds. The maximum Gasteiger partial charge on any atom is 0.335 e. The van der Waals surface area contributed by atoms with Crippen molar-refractivity contribution >= 4 is 80.6 Å². The monoisotopic (exact) mass is 1660 g/mol. The Labute approximate surface area is 690 Å². The van der Waals surface area contributed by atoms with Gasteiger partial charge >= 0.3 is 5.97 Å². The standard InChI is InChI=1S/C29H35Cl2N5O3.C22H23FO4.C21H20FN3O4.C8H6ClFO.C8H7FO2/c1-7-25(37)32-21-15-18(36(4)13-12-35(2)3)9-11-19(21)29-20-10-8-17(14-22(20)33-34-29)26-27(30)23(38-5)16-24(39-6)28(26)31;1-13-8-16(23)5-7-19(13)22(25)20-6-4-14(11-21(20)24)15-9-17(26-2)12-18(10-15)27-3;1-28-15-7-13(8-16(11-15)29-2)12-3-5-17-19(9-12)23-24-21(17)18-6-4-14(22)10-20(18)25(26)27;1-5-4-6(10)2-3-7(5)8(9)11;1-5-4-6(9)2-3-7(5)8(10)11/h7,9,11,15-17H,1,8,10,12-14H2,2-6H3,(H,32,37)(H,33,34);5,7-10,12,14,20H,4,6,11H2,1-3H3;4,6-8,10-12H,3,5,9H2,1-2H3,(H,23,24);2-4H,1H3;2-4H,1H3,(H,10,11). The Balaban J connectivity index is 0.000000179. The van der Waals surface area contributed by atoms with Gasteiger partial charge in [0.05, 0.1) is 92.1 Å². The predicted molar refractivity (Wildman–Crippen MR) is 443 cm³/mol. The minimum absolute atomic E-state index is 0.0277. The van der Waals surface area contributed by atoms with E-state index >= 15 is 0 Å². The molecule has 0 bridgehead atoms. The van der Waals surface area contributed by atoms with Gasteiger partial charge in [0.25, 0.3) is 10.9 Å². The van der Waals surface area contributed by atoms with E-state index in [4.69, 9.17) is 73.4 Å². The molecule has 616 valence electrons. The Hall–Kier alpha value is -11.6. The molecule has 2 aromatic heterocycles. The van der Waals surface area contributed by atoms with Crippen LogP contribution < -0.4 is 38.6 Å². The Bertz CT molecular complexity index is 5190. The number of benzene rings is 8. The number of carbonyl (C=O) groups excluding carboxylic acids is 4. The summed E-state index contributed by atoms with van der Waals surface area (Å²) >= 11 is 18.6. The number of Topliss-reactive ketones (excluding diaryl/α,β-unsaturated/α-hetero) is 2. The summed E-state index contributed by atoms with van der Waals surface area (Å²) in [5.41, 5.74) is 13.4. The van der Waals surface area contributed by atoms with Crippen LogP contribution in [0, 0.1) is 60.1 Å². The first kappa shape index (κ1) is 89.4. The van der Waals surface area contributed by atoms with Crippen molar-refractivity contribution in [2.45, 2.75) is 96.3 Å². The smallest absolute Gasteiger partial charge is 0.335 e. The Kier molecular flexibility index (Phi) is 31.2. The van der Waals surface area contributed by atoms with Gasteiger partial charge in [-0.15, -0.1) is 0 Å². The number of methoxy groups -OCH3 is 6. The fourth-order valence-electron chi connectivity index (χ4n) is 14.4. The number of amides is 1. The number of hydrogen-bond donors (Lipinski definition) is 4. The van der Waals surface area contributed by atoms with Crippen LogP contribution >= 0.6 is 34.8 Å². The first-order valence-electron chi connectivity index (χ1n) is 37.2. The van der Waals surface area contributed by atoms with Gasteiger partial charge in [0, 0.05) is 95.2 Å². The zero-order valence-corrected chi connectivity index (χ0v) is 69.0. The second-order valence-corrected chi connectivity index (χ2v) is 29.5. The molecule has 1 saturated carbocycles. The van der Waals surface area contributed by atoms with Gasteiger partial charge in [0.15, 0.2) is 5.78 Å². The van der Waals surface area contributed by atoms with Crippen LogP contribution in [-0.2, 0) is 35.3 Å². The van der Waals surface area contributed by atoms with E-state index < -0.39 is 33.7 Å². The van der Waals surface area contributed by atoms with E-state index in [1.54, 1.807) is 75.6 Å². The molecule has 2 heterocycles. The van der Waals surface area contributed by atoms with Crippen molar-refractivity contribution in [3.8, 4) is 57.0 Å². The molecule has 10 aromatic rings. The summed E-state index contributed by atoms with van der Waals surface area (Å²) in [7, 11) is 15.7. The Morgan fingerprint density at radius 2 is 1.03 bits per heavy atom. The number of carboxylic acids is 1. The average Bonchev–Trinajstić information content (AvgIpc) is 1.78. The molecular weight excluding hydrogens is 1580 g/mol. The average molecular weight is 1670 g/mol. The molecule has 0 saturated heterocycles. The first-order valence-corrected chi connectivity index (χ1v) is 38.3. The molecule has 4 N–H and O–H groups in total. The quantitative estimate of drug-likeness (QED) is 0.00933. The lowest BCUT2D eigenvalue weighted by atomic mass is 9.75. The number of nitrogens with zero attached hydrogens (tertiary/aromatic N) is 5. The molecule has 4 unspecified atom stereocenters. The number of aromatic carboxylic acids is 1. The van der Waals surface area contributed by atoms with Crippen LogP contribution in [0.25, 0.3) is 22.5 Å². The third-order valence-electron chi connectivity index (χ3n) is 20.7. The number of nitro benzene ring substituents is 1. The SMILES string of the molecule is C=CC(=O)Nc1cc(N(C)CCN(C)C)ccc1-c1n[nH]c2c1CCC(c1c(Cl)c(OC)cc(OC)c1Cl)C2.COc1cc(OC)cc(C2CCC(C(=O)c3ccc(F)cc3C)C(=O)C2)c1.COc1cc(OC)cc(C2CCc3c(-c4ccc(F)cc4[N+](=O)[O-])n[nH]c3C2)c1.Cc1cc(F)ccc1C(=O)Cl.Cc1cc(F)ccc1C(=O)O. The number of rotatable bonds is 22. The number of hydrogen-bond acceptors (Lipinski definition) is 17. The number of likely N-dealkylation sites (N-methyl/N-ethyl adjacent to an activating group) is 2. The van der Waals surface area contributed by atoms with Crippen molar-refractivity contribution in [1.82, 2.24) is 25.3 Å². The minimum Gasteiger partial charge on any atom is -0.497 e. The van der Waals surface area contributed by atoms with Crippen LogP contribution in [0.15, 0.2) is 146 Å². The number of anilines is 2. The van der Waals surface area contributed by atoms with Gasteiger partial charge in [-0.25, -0.2) is 22.4 Å². The van der Waals surface area contributed by atoms with Gasteiger partial charge < -0.3 is 48.6 Å². The number of carboxylic acid groups (broad SMARTS) is 1. The fraction of sp³-hybridized carbons (Fsp3) is 0.307. The van der Waals surface area contributed by atoms with Gasteiger partial charge in [0.1, 0.15) is 69.2 Å². The highest BCUT2D eigenvalue weighted by molar-refractivity contribution is 6.67. The molecule has 22 nitrogen and oxygen atoms in total. The molecule has 0 radical (unpaired) electrons. The van der Waals surface area contributed by atoms with Gasteiger partial charge in [-0.3, -0.25) is 39.5 Å². The fourth-order valence-corrected chi connectivity index (χ4v) is 15.4. The maximum absolute atomic E-state index is 13.5. The number of ether oxygens (including phenoxy) is 6. The first-order chi connectivity index (χ1) is 55.8. The highest BCUT2D eigenvalue weighted by Crippen LogP contribution is 2.49. The van der Waals surface area contributed by atoms with E-state index in [1.807, 2.05) is 63.6 Å². The van der Waals surface area contributed by atoms with Crippen LogP contribution in [0.5, 0.6) is 34.5 Å². The molecule has 1 fully saturated rings. The van der Waals surface area contributed by atoms with E-state index in [0.29, 0.717) is 110 Å². The Morgan fingerprint density at radius 3 is 1.49 bits per heavy atom. The van der Waals surface area contributed by atoms with E-state index in [0.717, 1.165) is 119 Å². The van der Waals surface area contributed by atoms with Crippen LogP contribution in [0.2, 0.25) is 10.0 Å². The van der Waals surface area contributed by atoms with Crippen LogP contribution in [-0.4, -0.2) is 141 Å². The van der Waals surface area contributed by atoms with E-state index in [2.05, 4.69) is 43.1 Å². The maximum atomic E-state index is 13.5. The number of aromatic nitrogens is 4. The third-order valence-corrected chi connectivity index (χ3v) is 21.6. The topological polar surface area (TPSA) is 280 Å². The van der Waals surface area contributed by atoms with E-state index in [9.17, 15) is 51.6 Å². The molecule has 13 rings (SSSR count). The number of halogens is 7. The van der Waals surface area contributed by atoms with Gasteiger partial charge in [-0.1, -0.05) is 29.8 Å². The second kappa shape index (κ2) is 40.8. The summed E-state index contributed by atoms with van der Waals surface area (Å²) in [4.78, 5) is 74.0. The second-order valence-electron chi connectivity index (χ2n) is 28.4. The Morgan fingerprint density at radius 1 is 0.581 bits per heavy atom. The number of aryl methyl sites for hydroxylation is 3. The van der Waals surface area contributed by atoms with Crippen molar-refractivity contribution in [2.75, 3.05) is 87.1 Å². The van der Waals surface area contributed by atoms with Gasteiger partial charge in [-0.2, -0.15) is 10.2 Å². The highest BCUT2D eigenvalue weighted by Gasteiger charge is 2.37.